The second-order valence-electron chi connectivity index (χ2n) is 5.76. The molecule has 0 unspecified atom stereocenters. The molecule has 1 saturated heterocycles. The van der Waals surface area contributed by atoms with Crippen molar-refractivity contribution in [2.45, 2.75) is 6.42 Å². The van der Waals surface area contributed by atoms with E-state index in [9.17, 15) is 4.79 Å². The molecule has 1 aromatic heterocycles. The summed E-state index contributed by atoms with van der Waals surface area (Å²) in [7, 11) is 3.30. The molecule has 128 valence electrons. The van der Waals surface area contributed by atoms with Crippen LogP contribution in [-0.4, -0.2) is 44.7 Å². The number of nitrogens with zero attached hydrogens (tertiary/aromatic N) is 2. The predicted octanol–water partition coefficient (Wildman–Crippen LogP) is 2.42. The smallest absolute Gasteiger partial charge is 0.270 e. The van der Waals surface area contributed by atoms with Gasteiger partial charge in [-0.15, -0.1) is 11.3 Å². The SMILES string of the molecule is COc1cc(OC)cc(N2CC[C@H](CNC(=O)c3cscn3)C2)c1. The minimum atomic E-state index is -0.0993. The highest BCUT2D eigenvalue weighted by molar-refractivity contribution is 7.07. The van der Waals surface area contributed by atoms with Crippen molar-refractivity contribution < 1.29 is 14.3 Å². The molecule has 1 aliphatic rings. The van der Waals surface area contributed by atoms with Crippen LogP contribution in [0.1, 0.15) is 16.9 Å². The fourth-order valence-electron chi connectivity index (χ4n) is 2.86. The normalized spacial score (nSPS) is 16.9. The highest BCUT2D eigenvalue weighted by Gasteiger charge is 2.24. The summed E-state index contributed by atoms with van der Waals surface area (Å²) in [5, 5.41) is 4.74. The molecule has 0 radical (unpaired) electrons. The number of rotatable bonds is 6. The summed E-state index contributed by atoms with van der Waals surface area (Å²) >= 11 is 1.43. The number of benzene rings is 1. The third-order valence-electron chi connectivity index (χ3n) is 4.20. The molecule has 1 aromatic carbocycles. The molecule has 0 saturated carbocycles. The lowest BCUT2D eigenvalue weighted by atomic mass is 10.1. The minimum Gasteiger partial charge on any atom is -0.497 e. The number of hydrogen-bond donors (Lipinski definition) is 1. The molecule has 1 aliphatic heterocycles. The van der Waals surface area contributed by atoms with E-state index in [1.807, 2.05) is 18.2 Å². The first-order valence-corrected chi connectivity index (χ1v) is 8.78. The maximum absolute atomic E-state index is 12.0. The summed E-state index contributed by atoms with van der Waals surface area (Å²) in [6.45, 7) is 2.51. The Kier molecular flexibility index (Phi) is 5.20. The van der Waals surface area contributed by atoms with Crippen molar-refractivity contribution in [1.29, 1.82) is 0 Å². The average molecular weight is 347 g/mol. The molecule has 7 heteroatoms. The first kappa shape index (κ1) is 16.6. The Morgan fingerprint density at radius 1 is 1.33 bits per heavy atom. The number of ether oxygens (including phenoxy) is 2. The van der Waals surface area contributed by atoms with Gasteiger partial charge in [-0.25, -0.2) is 4.98 Å². The van der Waals surface area contributed by atoms with Crippen LogP contribution < -0.4 is 19.7 Å². The van der Waals surface area contributed by atoms with Gasteiger partial charge in [0.2, 0.25) is 0 Å². The summed E-state index contributed by atoms with van der Waals surface area (Å²) in [4.78, 5) is 18.3. The van der Waals surface area contributed by atoms with Gasteiger partial charge in [-0.2, -0.15) is 0 Å². The summed E-state index contributed by atoms with van der Waals surface area (Å²) in [5.74, 6) is 1.89. The van der Waals surface area contributed by atoms with Gasteiger partial charge >= 0.3 is 0 Å². The summed E-state index contributed by atoms with van der Waals surface area (Å²) in [6, 6.07) is 5.89. The molecule has 0 bridgehead atoms. The maximum Gasteiger partial charge on any atom is 0.270 e. The van der Waals surface area contributed by atoms with E-state index in [0.717, 1.165) is 36.7 Å². The summed E-state index contributed by atoms with van der Waals surface area (Å²) in [5.41, 5.74) is 3.24. The van der Waals surface area contributed by atoms with Crippen molar-refractivity contribution in [3.63, 3.8) is 0 Å². The summed E-state index contributed by atoms with van der Waals surface area (Å²) in [6.07, 6.45) is 1.04. The molecule has 1 N–H and O–H groups in total. The van der Waals surface area contributed by atoms with E-state index in [-0.39, 0.29) is 5.91 Å². The number of methoxy groups -OCH3 is 2. The average Bonchev–Trinajstić information content (AvgIpc) is 3.30. The van der Waals surface area contributed by atoms with Gasteiger partial charge in [0.15, 0.2) is 0 Å². The van der Waals surface area contributed by atoms with E-state index in [0.29, 0.717) is 18.2 Å². The van der Waals surface area contributed by atoms with Crippen LogP contribution in [0, 0.1) is 5.92 Å². The Balaban J connectivity index is 1.58. The Bertz CT molecular complexity index is 668. The molecular weight excluding hydrogens is 326 g/mol. The van der Waals surface area contributed by atoms with Crippen LogP contribution in [0.2, 0.25) is 0 Å². The minimum absolute atomic E-state index is 0.0993. The quantitative estimate of drug-likeness (QED) is 0.869. The van der Waals surface area contributed by atoms with Gasteiger partial charge < -0.3 is 19.7 Å². The van der Waals surface area contributed by atoms with E-state index in [1.165, 1.54) is 11.3 Å². The van der Waals surface area contributed by atoms with Crippen molar-refractivity contribution in [3.8, 4) is 11.5 Å². The largest absolute Gasteiger partial charge is 0.497 e. The number of aromatic nitrogens is 1. The molecule has 1 fully saturated rings. The van der Waals surface area contributed by atoms with Gasteiger partial charge in [0.1, 0.15) is 17.2 Å². The molecule has 1 amide bonds. The van der Waals surface area contributed by atoms with Gasteiger partial charge in [-0.05, 0) is 12.3 Å². The Morgan fingerprint density at radius 2 is 2.08 bits per heavy atom. The molecule has 2 aromatic rings. The standard InChI is InChI=1S/C17H21N3O3S/c1-22-14-5-13(6-15(7-14)23-2)20-4-3-12(9-20)8-18-17(21)16-10-24-11-19-16/h5-7,10-12H,3-4,8-9H2,1-2H3,(H,18,21)/t12-/m1/s1. The lowest BCUT2D eigenvalue weighted by molar-refractivity contribution is 0.0944. The third kappa shape index (κ3) is 3.79. The Morgan fingerprint density at radius 3 is 2.71 bits per heavy atom. The topological polar surface area (TPSA) is 63.7 Å². The van der Waals surface area contributed by atoms with E-state index in [2.05, 4.69) is 15.2 Å². The lowest BCUT2D eigenvalue weighted by Gasteiger charge is -2.20. The van der Waals surface area contributed by atoms with Crippen molar-refractivity contribution in [1.82, 2.24) is 10.3 Å². The fraction of sp³-hybridized carbons (Fsp3) is 0.412. The maximum atomic E-state index is 12.0. The van der Waals surface area contributed by atoms with Gasteiger partial charge in [0.05, 0.1) is 19.7 Å². The van der Waals surface area contributed by atoms with Gasteiger partial charge in [-0.3, -0.25) is 4.79 Å². The van der Waals surface area contributed by atoms with E-state index < -0.39 is 0 Å². The second-order valence-corrected chi connectivity index (χ2v) is 6.47. The first-order chi connectivity index (χ1) is 11.7. The molecule has 1 atom stereocenters. The molecule has 24 heavy (non-hydrogen) atoms. The molecule has 0 spiro atoms. The van der Waals surface area contributed by atoms with E-state index in [1.54, 1.807) is 25.1 Å². The van der Waals surface area contributed by atoms with Crippen LogP contribution in [0.4, 0.5) is 5.69 Å². The zero-order valence-electron chi connectivity index (χ0n) is 13.8. The monoisotopic (exact) mass is 347 g/mol. The van der Waals surface area contributed by atoms with Gasteiger partial charge in [-0.1, -0.05) is 0 Å². The number of nitrogens with one attached hydrogen (secondary N) is 1. The third-order valence-corrected chi connectivity index (χ3v) is 4.79. The Labute approximate surface area is 145 Å². The molecular formula is C17H21N3O3S. The van der Waals surface area contributed by atoms with Crippen molar-refractivity contribution in [2.24, 2.45) is 5.92 Å². The fourth-order valence-corrected chi connectivity index (χ4v) is 3.39. The van der Waals surface area contributed by atoms with E-state index >= 15 is 0 Å². The van der Waals surface area contributed by atoms with E-state index in [4.69, 9.17) is 9.47 Å². The second kappa shape index (κ2) is 7.53. The van der Waals surface area contributed by atoms with Crippen LogP contribution >= 0.6 is 11.3 Å². The number of carbonyl (C=O) groups is 1. The zero-order chi connectivity index (χ0) is 16.9. The van der Waals surface area contributed by atoms with Gasteiger partial charge in [0.25, 0.3) is 5.91 Å². The number of hydrogen-bond acceptors (Lipinski definition) is 6. The lowest BCUT2D eigenvalue weighted by Crippen LogP contribution is -2.31. The number of amides is 1. The summed E-state index contributed by atoms with van der Waals surface area (Å²) < 4.78 is 10.7. The van der Waals surface area contributed by atoms with Gasteiger partial charge in [0, 0.05) is 48.9 Å². The highest BCUT2D eigenvalue weighted by Crippen LogP contribution is 2.31. The van der Waals surface area contributed by atoms with Crippen LogP contribution in [0.3, 0.4) is 0 Å². The predicted molar refractivity (Wildman–Crippen MR) is 94.3 cm³/mol. The zero-order valence-corrected chi connectivity index (χ0v) is 14.6. The molecule has 0 aliphatic carbocycles. The first-order valence-electron chi connectivity index (χ1n) is 7.84. The number of thiazole rings is 1. The highest BCUT2D eigenvalue weighted by atomic mass is 32.1. The van der Waals surface area contributed by atoms with Crippen molar-refractivity contribution >= 4 is 22.9 Å². The molecule has 3 rings (SSSR count). The molecule has 2 heterocycles. The van der Waals surface area contributed by atoms with Crippen LogP contribution in [0.15, 0.2) is 29.1 Å². The number of anilines is 1. The van der Waals surface area contributed by atoms with Crippen molar-refractivity contribution in [3.05, 3.63) is 34.8 Å². The Hall–Kier alpha value is -2.28. The number of carbonyl (C=O) groups excluding carboxylic acids is 1. The van der Waals surface area contributed by atoms with Crippen molar-refractivity contribution in [2.75, 3.05) is 38.8 Å². The van der Waals surface area contributed by atoms with Crippen LogP contribution in [0.5, 0.6) is 11.5 Å². The van der Waals surface area contributed by atoms with Crippen LogP contribution in [-0.2, 0) is 0 Å². The van der Waals surface area contributed by atoms with Crippen LogP contribution in [0.25, 0.3) is 0 Å². The molecule has 6 nitrogen and oxygen atoms in total.